The SMILES string of the molecule is Cc1nnnn1-c1ccc(F)c(NC(=O)C2CSCN2C(=O)c2ccccc2)c1. The van der Waals surface area contributed by atoms with Gasteiger partial charge in [0.1, 0.15) is 11.9 Å². The maximum atomic E-state index is 14.3. The van der Waals surface area contributed by atoms with Crippen LogP contribution in [0.3, 0.4) is 0 Å². The van der Waals surface area contributed by atoms with Gasteiger partial charge < -0.3 is 10.2 Å². The summed E-state index contributed by atoms with van der Waals surface area (Å²) in [5, 5.41) is 13.8. The number of aryl methyl sites for hydroxylation is 1. The second-order valence-corrected chi connectivity index (χ2v) is 7.45. The van der Waals surface area contributed by atoms with E-state index < -0.39 is 17.8 Å². The predicted octanol–water partition coefficient (Wildman–Crippen LogP) is 2.26. The molecule has 2 heterocycles. The Morgan fingerprint density at radius 2 is 2.00 bits per heavy atom. The first kappa shape index (κ1) is 19.1. The number of carbonyl (C=O) groups is 2. The third-order valence-corrected chi connectivity index (χ3v) is 5.56. The van der Waals surface area contributed by atoms with E-state index in [0.717, 1.165) is 0 Å². The van der Waals surface area contributed by atoms with Crippen LogP contribution >= 0.6 is 11.8 Å². The zero-order valence-corrected chi connectivity index (χ0v) is 16.3. The van der Waals surface area contributed by atoms with Gasteiger partial charge in [0.05, 0.1) is 17.3 Å². The number of aromatic nitrogens is 4. The van der Waals surface area contributed by atoms with E-state index in [9.17, 15) is 14.0 Å². The number of tetrazole rings is 1. The van der Waals surface area contributed by atoms with Gasteiger partial charge in [0.25, 0.3) is 5.91 Å². The fourth-order valence-corrected chi connectivity index (χ4v) is 4.19. The van der Waals surface area contributed by atoms with Gasteiger partial charge in [-0.3, -0.25) is 9.59 Å². The molecule has 29 heavy (non-hydrogen) atoms. The van der Waals surface area contributed by atoms with Crippen molar-refractivity contribution in [1.29, 1.82) is 0 Å². The molecule has 8 nitrogen and oxygen atoms in total. The van der Waals surface area contributed by atoms with Crippen LogP contribution in [0.15, 0.2) is 48.5 Å². The molecular weight excluding hydrogens is 395 g/mol. The molecule has 1 aromatic heterocycles. The Morgan fingerprint density at radius 3 is 2.72 bits per heavy atom. The van der Waals surface area contributed by atoms with Crippen molar-refractivity contribution in [3.8, 4) is 5.69 Å². The largest absolute Gasteiger partial charge is 0.322 e. The number of hydrogen-bond donors (Lipinski definition) is 1. The monoisotopic (exact) mass is 412 g/mol. The van der Waals surface area contributed by atoms with E-state index in [1.165, 1.54) is 39.5 Å². The highest BCUT2D eigenvalue weighted by atomic mass is 32.2. The summed E-state index contributed by atoms with van der Waals surface area (Å²) < 4.78 is 15.8. The van der Waals surface area contributed by atoms with E-state index in [2.05, 4.69) is 20.8 Å². The molecule has 2 amide bonds. The van der Waals surface area contributed by atoms with Crippen LogP contribution in [0.4, 0.5) is 10.1 Å². The normalized spacial score (nSPS) is 16.1. The summed E-state index contributed by atoms with van der Waals surface area (Å²) in [5.41, 5.74) is 1.03. The summed E-state index contributed by atoms with van der Waals surface area (Å²) in [6.07, 6.45) is 0. The van der Waals surface area contributed by atoms with E-state index in [1.807, 2.05) is 6.07 Å². The van der Waals surface area contributed by atoms with Crippen LogP contribution in [0.1, 0.15) is 16.2 Å². The quantitative estimate of drug-likeness (QED) is 0.707. The van der Waals surface area contributed by atoms with Crippen LogP contribution in [0.25, 0.3) is 5.69 Å². The number of benzene rings is 2. The minimum Gasteiger partial charge on any atom is -0.322 e. The van der Waals surface area contributed by atoms with Gasteiger partial charge in [-0.1, -0.05) is 18.2 Å². The number of nitrogens with zero attached hydrogens (tertiary/aromatic N) is 5. The van der Waals surface area contributed by atoms with Gasteiger partial charge in [-0.25, -0.2) is 4.39 Å². The fraction of sp³-hybridized carbons (Fsp3) is 0.211. The summed E-state index contributed by atoms with van der Waals surface area (Å²) in [6, 6.07) is 12.3. The first-order chi connectivity index (χ1) is 14.0. The molecule has 1 aliphatic heterocycles. The summed E-state index contributed by atoms with van der Waals surface area (Å²) in [4.78, 5) is 27.1. The van der Waals surface area contributed by atoms with Gasteiger partial charge in [0, 0.05) is 11.3 Å². The molecule has 3 aromatic rings. The zero-order valence-electron chi connectivity index (χ0n) is 15.4. The Morgan fingerprint density at radius 1 is 1.21 bits per heavy atom. The molecule has 1 N–H and O–H groups in total. The van der Waals surface area contributed by atoms with Gasteiger partial charge in [-0.15, -0.1) is 16.9 Å². The van der Waals surface area contributed by atoms with Crippen LogP contribution in [0.5, 0.6) is 0 Å². The van der Waals surface area contributed by atoms with Crippen LogP contribution in [-0.2, 0) is 4.79 Å². The Labute approximate surface area is 170 Å². The molecule has 1 aliphatic rings. The first-order valence-electron chi connectivity index (χ1n) is 8.84. The fourth-order valence-electron chi connectivity index (χ4n) is 3.03. The van der Waals surface area contributed by atoms with Crippen LogP contribution in [-0.4, -0.2) is 54.6 Å². The van der Waals surface area contributed by atoms with Gasteiger partial charge in [-0.05, 0) is 47.7 Å². The number of rotatable bonds is 4. The third-order valence-electron chi connectivity index (χ3n) is 4.54. The zero-order chi connectivity index (χ0) is 20.4. The first-order valence-corrected chi connectivity index (χ1v) is 9.99. The minimum absolute atomic E-state index is 0.00594. The van der Waals surface area contributed by atoms with E-state index in [1.54, 1.807) is 31.2 Å². The summed E-state index contributed by atoms with van der Waals surface area (Å²) >= 11 is 1.48. The average Bonchev–Trinajstić information content (AvgIpc) is 3.39. The molecule has 1 fully saturated rings. The second kappa shape index (κ2) is 8.00. The lowest BCUT2D eigenvalue weighted by Crippen LogP contribution is -2.44. The lowest BCUT2D eigenvalue weighted by molar-refractivity contribution is -0.119. The lowest BCUT2D eigenvalue weighted by Gasteiger charge is -2.23. The average molecular weight is 412 g/mol. The molecule has 1 saturated heterocycles. The summed E-state index contributed by atoms with van der Waals surface area (Å²) in [7, 11) is 0. The number of nitrogens with one attached hydrogen (secondary N) is 1. The molecule has 4 rings (SSSR count). The van der Waals surface area contributed by atoms with E-state index >= 15 is 0 Å². The number of halogens is 1. The van der Waals surface area contributed by atoms with Crippen molar-refractivity contribution in [2.24, 2.45) is 0 Å². The van der Waals surface area contributed by atoms with Gasteiger partial charge >= 0.3 is 0 Å². The molecule has 0 aliphatic carbocycles. The van der Waals surface area contributed by atoms with Crippen LogP contribution in [0.2, 0.25) is 0 Å². The number of anilines is 1. The highest BCUT2D eigenvalue weighted by Gasteiger charge is 2.35. The van der Waals surface area contributed by atoms with Crippen molar-refractivity contribution in [1.82, 2.24) is 25.1 Å². The van der Waals surface area contributed by atoms with Crippen LogP contribution < -0.4 is 5.32 Å². The minimum atomic E-state index is -0.689. The Kier molecular flexibility index (Phi) is 5.26. The molecule has 1 unspecified atom stereocenters. The number of hydrogen-bond acceptors (Lipinski definition) is 6. The molecule has 10 heteroatoms. The van der Waals surface area contributed by atoms with Crippen molar-refractivity contribution in [3.05, 3.63) is 65.7 Å². The van der Waals surface area contributed by atoms with E-state index in [4.69, 9.17) is 0 Å². The smallest absolute Gasteiger partial charge is 0.255 e. The molecule has 1 atom stereocenters. The number of thioether (sulfide) groups is 1. The molecule has 0 spiro atoms. The highest BCUT2D eigenvalue weighted by molar-refractivity contribution is 7.99. The topological polar surface area (TPSA) is 93.0 Å². The van der Waals surface area contributed by atoms with Crippen molar-refractivity contribution in [2.45, 2.75) is 13.0 Å². The maximum absolute atomic E-state index is 14.3. The van der Waals surface area contributed by atoms with Crippen LogP contribution in [0, 0.1) is 12.7 Å². The Balaban J connectivity index is 1.54. The summed E-state index contributed by atoms with van der Waals surface area (Å²) in [6.45, 7) is 1.71. The lowest BCUT2D eigenvalue weighted by atomic mass is 10.1. The van der Waals surface area contributed by atoms with E-state index in [0.29, 0.717) is 28.7 Å². The van der Waals surface area contributed by atoms with Gasteiger partial charge in [0.2, 0.25) is 5.91 Å². The highest BCUT2D eigenvalue weighted by Crippen LogP contribution is 2.26. The number of carbonyl (C=O) groups excluding carboxylic acids is 2. The molecule has 0 saturated carbocycles. The maximum Gasteiger partial charge on any atom is 0.255 e. The van der Waals surface area contributed by atoms with Crippen molar-refractivity contribution >= 4 is 29.3 Å². The molecular formula is C19H17FN6O2S. The van der Waals surface area contributed by atoms with Crippen molar-refractivity contribution in [2.75, 3.05) is 16.9 Å². The molecule has 0 radical (unpaired) electrons. The molecule has 0 bridgehead atoms. The van der Waals surface area contributed by atoms with Gasteiger partial charge in [-0.2, -0.15) is 4.68 Å². The van der Waals surface area contributed by atoms with Gasteiger partial charge in [0.15, 0.2) is 5.82 Å². The van der Waals surface area contributed by atoms with Crippen molar-refractivity contribution in [3.63, 3.8) is 0 Å². The molecule has 2 aromatic carbocycles. The van der Waals surface area contributed by atoms with Crippen molar-refractivity contribution < 1.29 is 14.0 Å². The molecule has 148 valence electrons. The standard InChI is InChI=1S/C19H17FN6O2S/c1-12-22-23-24-26(12)14-7-8-15(20)16(9-14)21-18(27)17-10-29-11-25(17)19(28)13-5-3-2-4-6-13/h2-9,17H,10-11H2,1H3,(H,21,27). The second-order valence-electron chi connectivity index (χ2n) is 6.45. The predicted molar refractivity (Wildman–Crippen MR) is 106 cm³/mol. The van der Waals surface area contributed by atoms with E-state index in [-0.39, 0.29) is 11.6 Å². The third kappa shape index (κ3) is 3.83. The number of amides is 2. The Hall–Kier alpha value is -3.27. The Bertz CT molecular complexity index is 1060. The summed E-state index contributed by atoms with van der Waals surface area (Å²) in [5.74, 6) is 0.119.